The van der Waals surface area contributed by atoms with Crippen LogP contribution in [-0.4, -0.2) is 22.6 Å². The van der Waals surface area contributed by atoms with Gasteiger partial charge in [0.05, 0.1) is 17.6 Å². The lowest BCUT2D eigenvalue weighted by molar-refractivity contribution is -0.387. The van der Waals surface area contributed by atoms with Crippen LogP contribution in [0.3, 0.4) is 0 Å². The average molecular weight is 296 g/mol. The monoisotopic (exact) mass is 296 g/mol. The third-order valence-electron chi connectivity index (χ3n) is 3.35. The second kappa shape index (κ2) is 7.56. The molecule has 0 fully saturated rings. The highest BCUT2D eigenvalue weighted by atomic mass is 16.6. The van der Waals surface area contributed by atoms with Gasteiger partial charge in [0.25, 0.3) is 0 Å². The molecule has 0 spiro atoms. The molecule has 0 saturated heterocycles. The van der Waals surface area contributed by atoms with Crippen LogP contribution in [0.1, 0.15) is 48.5 Å². The van der Waals surface area contributed by atoms with Gasteiger partial charge in [-0.05, 0) is 13.3 Å². The van der Waals surface area contributed by atoms with E-state index in [0.717, 1.165) is 25.7 Å². The molecule has 0 amide bonds. The predicted molar refractivity (Wildman–Crippen MR) is 77.6 cm³/mol. The van der Waals surface area contributed by atoms with E-state index in [2.05, 4.69) is 11.7 Å². The highest BCUT2D eigenvalue weighted by molar-refractivity contribution is 5.91. The fourth-order valence-corrected chi connectivity index (χ4v) is 2.14. The summed E-state index contributed by atoms with van der Waals surface area (Å²) >= 11 is 0. The zero-order valence-electron chi connectivity index (χ0n) is 12.5. The number of aryl methyl sites for hydroxylation is 1. The highest BCUT2D eigenvalue weighted by Crippen LogP contribution is 2.18. The summed E-state index contributed by atoms with van der Waals surface area (Å²) in [5.74, 6) is -0.682. The molecule has 0 aliphatic rings. The van der Waals surface area contributed by atoms with Crippen LogP contribution in [0.15, 0.2) is 11.0 Å². The minimum atomic E-state index is -0.743. The van der Waals surface area contributed by atoms with Gasteiger partial charge in [-0.2, -0.15) is 0 Å². The molecule has 21 heavy (non-hydrogen) atoms. The van der Waals surface area contributed by atoms with Crippen molar-refractivity contribution in [1.82, 2.24) is 4.57 Å². The van der Waals surface area contributed by atoms with Crippen molar-refractivity contribution in [3.63, 3.8) is 0 Å². The molecule has 0 bridgehead atoms. The first kappa shape index (κ1) is 16.9. The van der Waals surface area contributed by atoms with E-state index < -0.39 is 22.1 Å². The average Bonchev–Trinajstić information content (AvgIpc) is 2.44. The maximum Gasteiger partial charge on any atom is 0.339 e. The summed E-state index contributed by atoms with van der Waals surface area (Å²) in [5.41, 5.74) is -1.14. The van der Waals surface area contributed by atoms with Gasteiger partial charge < -0.3 is 9.30 Å². The first-order chi connectivity index (χ1) is 9.93. The van der Waals surface area contributed by atoms with E-state index >= 15 is 0 Å². The second-order valence-electron chi connectivity index (χ2n) is 4.82. The molecule has 0 aliphatic carbocycles. The van der Waals surface area contributed by atoms with E-state index in [9.17, 15) is 19.7 Å². The van der Waals surface area contributed by atoms with E-state index in [1.54, 1.807) is 0 Å². The molecular formula is C14H20N2O5. The van der Waals surface area contributed by atoms with Crippen molar-refractivity contribution in [3.8, 4) is 0 Å². The molecule has 0 atom stereocenters. The van der Waals surface area contributed by atoms with E-state index in [0.29, 0.717) is 6.54 Å². The maximum absolute atomic E-state index is 12.1. The molecule has 0 aliphatic heterocycles. The van der Waals surface area contributed by atoms with Gasteiger partial charge in [0, 0.05) is 18.3 Å². The molecule has 116 valence electrons. The van der Waals surface area contributed by atoms with Gasteiger partial charge in [-0.25, -0.2) is 4.79 Å². The zero-order valence-corrected chi connectivity index (χ0v) is 12.5. The van der Waals surface area contributed by atoms with E-state index in [-0.39, 0.29) is 11.1 Å². The Balaban J connectivity index is 3.24. The zero-order chi connectivity index (χ0) is 16.0. The molecule has 1 rings (SSSR count). The number of pyridine rings is 1. The number of methoxy groups -OCH3 is 1. The summed E-state index contributed by atoms with van der Waals surface area (Å²) in [7, 11) is 1.20. The summed E-state index contributed by atoms with van der Waals surface area (Å²) in [6.45, 7) is 3.80. The lowest BCUT2D eigenvalue weighted by atomic mass is 10.1. The summed E-state index contributed by atoms with van der Waals surface area (Å²) in [6, 6.07) is 0. The Kier molecular flexibility index (Phi) is 6.08. The van der Waals surface area contributed by atoms with Crippen molar-refractivity contribution in [1.29, 1.82) is 0 Å². The molecule has 1 heterocycles. The van der Waals surface area contributed by atoms with Gasteiger partial charge in [0.2, 0.25) is 0 Å². The second-order valence-corrected chi connectivity index (χ2v) is 4.82. The quantitative estimate of drug-likeness (QED) is 0.333. The Hall–Kier alpha value is -2.18. The van der Waals surface area contributed by atoms with Crippen molar-refractivity contribution in [2.75, 3.05) is 7.11 Å². The summed E-state index contributed by atoms with van der Waals surface area (Å²) in [5, 5.41) is 11.1. The van der Waals surface area contributed by atoms with Crippen LogP contribution in [0.5, 0.6) is 0 Å². The number of nitrogens with zero attached hydrogens (tertiary/aromatic N) is 2. The molecule has 7 heteroatoms. The first-order valence-corrected chi connectivity index (χ1v) is 6.90. The number of aromatic nitrogens is 1. The van der Waals surface area contributed by atoms with E-state index in [1.807, 2.05) is 0 Å². The van der Waals surface area contributed by atoms with Crippen LogP contribution in [0.25, 0.3) is 0 Å². The molecule has 0 unspecified atom stereocenters. The SMILES string of the molecule is CCCCCCn1cc(C(=O)OC)c(C)c([N+](=O)[O-])c1=O. The topological polar surface area (TPSA) is 91.4 Å². The number of esters is 1. The molecule has 0 aromatic carbocycles. The van der Waals surface area contributed by atoms with Crippen molar-refractivity contribution < 1.29 is 14.5 Å². The Morgan fingerprint density at radius 3 is 2.57 bits per heavy atom. The summed E-state index contributed by atoms with van der Waals surface area (Å²) < 4.78 is 5.84. The minimum absolute atomic E-state index is 0.0432. The number of hydrogen-bond donors (Lipinski definition) is 0. The Labute approximate surface area is 122 Å². The van der Waals surface area contributed by atoms with Crippen LogP contribution in [0, 0.1) is 17.0 Å². The largest absolute Gasteiger partial charge is 0.465 e. The molecule has 1 aromatic heterocycles. The van der Waals surface area contributed by atoms with Crippen molar-refractivity contribution in [2.24, 2.45) is 0 Å². The molecule has 0 N–H and O–H groups in total. The van der Waals surface area contributed by atoms with Crippen LogP contribution >= 0.6 is 0 Å². The van der Waals surface area contributed by atoms with Gasteiger partial charge in [-0.15, -0.1) is 0 Å². The number of carbonyl (C=O) groups is 1. The van der Waals surface area contributed by atoms with Crippen LogP contribution in [-0.2, 0) is 11.3 Å². The minimum Gasteiger partial charge on any atom is -0.465 e. The third-order valence-corrected chi connectivity index (χ3v) is 3.35. The first-order valence-electron chi connectivity index (χ1n) is 6.90. The smallest absolute Gasteiger partial charge is 0.339 e. The number of unbranched alkanes of at least 4 members (excludes halogenated alkanes) is 3. The van der Waals surface area contributed by atoms with Gasteiger partial charge in [0.1, 0.15) is 0 Å². The Bertz CT molecular complexity index is 592. The number of rotatable bonds is 7. The maximum atomic E-state index is 12.1. The van der Waals surface area contributed by atoms with Gasteiger partial charge in [-0.3, -0.25) is 14.9 Å². The number of hydrogen-bond acceptors (Lipinski definition) is 5. The molecule has 1 aromatic rings. The van der Waals surface area contributed by atoms with E-state index in [4.69, 9.17) is 0 Å². The van der Waals surface area contributed by atoms with Crippen LogP contribution in [0.4, 0.5) is 5.69 Å². The van der Waals surface area contributed by atoms with Crippen molar-refractivity contribution in [3.05, 3.63) is 37.8 Å². The van der Waals surface area contributed by atoms with Crippen LogP contribution in [0.2, 0.25) is 0 Å². The number of carbonyl (C=O) groups excluding carboxylic acids is 1. The third kappa shape index (κ3) is 3.90. The molecular weight excluding hydrogens is 276 g/mol. The fourth-order valence-electron chi connectivity index (χ4n) is 2.14. The highest BCUT2D eigenvalue weighted by Gasteiger charge is 2.25. The predicted octanol–water partition coefficient (Wildman–Crippen LogP) is 2.43. The van der Waals surface area contributed by atoms with Gasteiger partial charge >= 0.3 is 17.2 Å². The van der Waals surface area contributed by atoms with E-state index in [1.165, 1.54) is 24.8 Å². The standard InChI is InChI=1S/C14H20N2O5/c1-4-5-6-7-8-15-9-11(14(18)21-3)10(2)12(13(15)17)16(19)20/h9H,4-8H2,1-3H3. The fraction of sp³-hybridized carbons (Fsp3) is 0.571. The molecule has 7 nitrogen and oxygen atoms in total. The van der Waals surface area contributed by atoms with Crippen molar-refractivity contribution in [2.45, 2.75) is 46.1 Å². The number of nitro groups is 1. The lowest BCUT2D eigenvalue weighted by Gasteiger charge is -2.10. The molecule has 0 saturated carbocycles. The van der Waals surface area contributed by atoms with Gasteiger partial charge in [-0.1, -0.05) is 26.2 Å². The summed E-state index contributed by atoms with van der Waals surface area (Å²) in [4.78, 5) is 34.1. The molecule has 0 radical (unpaired) electrons. The van der Waals surface area contributed by atoms with Gasteiger partial charge in [0.15, 0.2) is 0 Å². The number of ether oxygens (including phenoxy) is 1. The normalized spacial score (nSPS) is 10.4. The van der Waals surface area contributed by atoms with Crippen molar-refractivity contribution >= 4 is 11.7 Å². The Morgan fingerprint density at radius 1 is 1.38 bits per heavy atom. The lowest BCUT2D eigenvalue weighted by Crippen LogP contribution is -2.26. The van der Waals surface area contributed by atoms with Crippen LogP contribution < -0.4 is 5.56 Å². The summed E-state index contributed by atoms with van der Waals surface area (Å²) in [6.07, 6.45) is 5.10. The Morgan fingerprint density at radius 2 is 2.05 bits per heavy atom.